The van der Waals surface area contributed by atoms with E-state index in [4.69, 9.17) is 5.11 Å². The van der Waals surface area contributed by atoms with Crippen molar-refractivity contribution in [1.82, 2.24) is 10.2 Å². The fraction of sp³-hybridized carbons (Fsp3) is 0.692. The molecule has 0 saturated heterocycles. The fourth-order valence-corrected chi connectivity index (χ4v) is 1.99. The van der Waals surface area contributed by atoms with Crippen molar-refractivity contribution in [3.05, 3.63) is 24.6 Å². The van der Waals surface area contributed by atoms with Crippen LogP contribution in [0.2, 0.25) is 0 Å². The van der Waals surface area contributed by atoms with Gasteiger partial charge in [-0.25, -0.2) is 0 Å². The number of hydrogen-bond donors (Lipinski definition) is 2. The zero-order chi connectivity index (χ0) is 11.6. The van der Waals surface area contributed by atoms with Crippen LogP contribution in [-0.4, -0.2) is 29.3 Å². The second-order valence-corrected chi connectivity index (χ2v) is 4.17. The molecule has 0 bridgehead atoms. The van der Waals surface area contributed by atoms with E-state index in [0.717, 1.165) is 13.0 Å². The molecule has 0 fully saturated rings. The average molecular weight is 224 g/mol. The van der Waals surface area contributed by atoms with Crippen LogP contribution in [0.4, 0.5) is 0 Å². The molecule has 3 heteroatoms. The Balaban J connectivity index is 2.04. The highest BCUT2D eigenvalue weighted by molar-refractivity contribution is 4.93. The van der Waals surface area contributed by atoms with Crippen molar-refractivity contribution in [3.63, 3.8) is 0 Å². The lowest BCUT2D eigenvalue weighted by Crippen LogP contribution is -2.36. The molecule has 0 spiro atoms. The summed E-state index contributed by atoms with van der Waals surface area (Å²) in [5.41, 5.74) is 0. The normalized spacial score (nSPS) is 19.6. The largest absolute Gasteiger partial charge is 0.395 e. The van der Waals surface area contributed by atoms with Gasteiger partial charge in [0.05, 0.1) is 12.8 Å². The summed E-state index contributed by atoms with van der Waals surface area (Å²) in [5.74, 6) is 0. The van der Waals surface area contributed by atoms with Gasteiger partial charge in [-0.15, -0.1) is 0 Å². The molecule has 1 atom stereocenters. The summed E-state index contributed by atoms with van der Waals surface area (Å²) in [6.07, 6.45) is 14.9. The maximum absolute atomic E-state index is 8.90. The van der Waals surface area contributed by atoms with Crippen LogP contribution >= 0.6 is 0 Å². The topological polar surface area (TPSA) is 35.5 Å². The molecule has 1 aliphatic rings. The van der Waals surface area contributed by atoms with Gasteiger partial charge in [-0.1, -0.05) is 18.6 Å². The highest BCUT2D eigenvalue weighted by atomic mass is 16.3. The van der Waals surface area contributed by atoms with Crippen LogP contribution in [0.15, 0.2) is 24.6 Å². The Morgan fingerprint density at radius 1 is 1.38 bits per heavy atom. The van der Waals surface area contributed by atoms with Crippen LogP contribution in [0.1, 0.15) is 39.0 Å². The van der Waals surface area contributed by atoms with Gasteiger partial charge in [0.15, 0.2) is 0 Å². The maximum atomic E-state index is 8.90. The quantitative estimate of drug-likeness (QED) is 0.490. The molecule has 0 radical (unpaired) electrons. The molecule has 92 valence electrons. The Morgan fingerprint density at radius 2 is 2.25 bits per heavy atom. The van der Waals surface area contributed by atoms with Gasteiger partial charge in [-0.05, 0) is 32.6 Å². The maximum Gasteiger partial charge on any atom is 0.0982 e. The number of hydrogen-bond acceptors (Lipinski definition) is 3. The van der Waals surface area contributed by atoms with E-state index in [1.54, 1.807) is 0 Å². The fourth-order valence-electron chi connectivity index (χ4n) is 1.99. The van der Waals surface area contributed by atoms with E-state index in [2.05, 4.69) is 29.3 Å². The van der Waals surface area contributed by atoms with E-state index >= 15 is 0 Å². The second-order valence-electron chi connectivity index (χ2n) is 4.17. The molecular formula is C13H24N2O. The molecule has 0 aromatic carbocycles. The number of rotatable bonds is 8. The van der Waals surface area contributed by atoms with Crippen LogP contribution in [0.25, 0.3) is 0 Å². The first-order valence-electron chi connectivity index (χ1n) is 6.29. The number of unbranched alkanes of at least 4 members (excludes halogenated alkanes) is 3. The molecule has 16 heavy (non-hydrogen) atoms. The van der Waals surface area contributed by atoms with Crippen LogP contribution in [0.3, 0.4) is 0 Å². The van der Waals surface area contributed by atoms with E-state index in [-0.39, 0.29) is 6.61 Å². The van der Waals surface area contributed by atoms with Crippen molar-refractivity contribution in [2.24, 2.45) is 0 Å². The summed E-state index contributed by atoms with van der Waals surface area (Å²) in [5, 5.41) is 12.2. The monoisotopic (exact) mass is 224 g/mol. The minimum Gasteiger partial charge on any atom is -0.395 e. The lowest BCUT2D eigenvalue weighted by molar-refractivity contribution is 0.194. The Morgan fingerprint density at radius 3 is 3.00 bits per heavy atom. The summed E-state index contributed by atoms with van der Waals surface area (Å²) in [7, 11) is 0. The molecule has 2 N–H and O–H groups in total. The van der Waals surface area contributed by atoms with Gasteiger partial charge in [0.1, 0.15) is 0 Å². The smallest absolute Gasteiger partial charge is 0.0982 e. The summed E-state index contributed by atoms with van der Waals surface area (Å²) < 4.78 is 0. The third-order valence-electron chi connectivity index (χ3n) is 2.90. The summed E-state index contributed by atoms with van der Waals surface area (Å²) in [4.78, 5) is 2.17. The minimum atomic E-state index is 0.226. The van der Waals surface area contributed by atoms with Crippen molar-refractivity contribution < 1.29 is 5.11 Å². The van der Waals surface area contributed by atoms with Crippen molar-refractivity contribution >= 4 is 0 Å². The second kappa shape index (κ2) is 8.22. The van der Waals surface area contributed by atoms with Crippen LogP contribution < -0.4 is 5.32 Å². The van der Waals surface area contributed by atoms with E-state index in [9.17, 15) is 0 Å². The Hall–Kier alpha value is -0.960. The average Bonchev–Trinajstić information content (AvgIpc) is 2.72. The van der Waals surface area contributed by atoms with Gasteiger partial charge in [-0.3, -0.25) is 0 Å². The third-order valence-corrected chi connectivity index (χ3v) is 2.90. The number of aliphatic hydroxyl groups excluding tert-OH is 1. The molecule has 0 aliphatic carbocycles. The van der Waals surface area contributed by atoms with Gasteiger partial charge >= 0.3 is 0 Å². The SMILES string of the molecule is C/C=C/CCCCCC1NC=CN1CCO. The van der Waals surface area contributed by atoms with E-state index in [1.165, 1.54) is 25.7 Å². The van der Waals surface area contributed by atoms with Crippen molar-refractivity contribution in [1.29, 1.82) is 0 Å². The first-order chi connectivity index (χ1) is 7.88. The molecule has 1 heterocycles. The Labute approximate surface area is 98.8 Å². The molecule has 0 aromatic rings. The number of nitrogens with one attached hydrogen (secondary N) is 1. The lowest BCUT2D eigenvalue weighted by atomic mass is 10.1. The molecule has 0 saturated carbocycles. The summed E-state index contributed by atoms with van der Waals surface area (Å²) in [6, 6.07) is 0. The highest BCUT2D eigenvalue weighted by Crippen LogP contribution is 2.13. The molecule has 3 nitrogen and oxygen atoms in total. The van der Waals surface area contributed by atoms with E-state index in [1.807, 2.05) is 12.4 Å². The van der Waals surface area contributed by atoms with Gasteiger partial charge in [-0.2, -0.15) is 0 Å². The van der Waals surface area contributed by atoms with Gasteiger partial charge in [0.25, 0.3) is 0 Å². The zero-order valence-corrected chi connectivity index (χ0v) is 10.2. The molecular weight excluding hydrogens is 200 g/mol. The molecule has 0 amide bonds. The van der Waals surface area contributed by atoms with Gasteiger partial charge < -0.3 is 15.3 Å². The third kappa shape index (κ3) is 4.71. The highest BCUT2D eigenvalue weighted by Gasteiger charge is 2.16. The summed E-state index contributed by atoms with van der Waals surface area (Å²) in [6.45, 7) is 3.03. The van der Waals surface area contributed by atoms with Crippen molar-refractivity contribution in [3.8, 4) is 0 Å². The van der Waals surface area contributed by atoms with Crippen molar-refractivity contribution in [2.45, 2.75) is 45.2 Å². The van der Waals surface area contributed by atoms with Crippen LogP contribution in [0.5, 0.6) is 0 Å². The lowest BCUT2D eigenvalue weighted by Gasteiger charge is -2.24. The van der Waals surface area contributed by atoms with E-state index < -0.39 is 0 Å². The molecule has 1 unspecified atom stereocenters. The molecule has 1 rings (SSSR count). The van der Waals surface area contributed by atoms with E-state index in [0.29, 0.717) is 6.17 Å². The first kappa shape index (κ1) is 13.1. The zero-order valence-electron chi connectivity index (χ0n) is 10.2. The number of β-amino-alcohol motifs (C(OH)–C–C–N with tert-alkyl or cyclic N) is 1. The van der Waals surface area contributed by atoms with Crippen LogP contribution in [0, 0.1) is 0 Å². The summed E-state index contributed by atoms with van der Waals surface area (Å²) >= 11 is 0. The first-order valence-corrected chi connectivity index (χ1v) is 6.29. The standard InChI is InChI=1S/C13H24N2O/c1-2-3-4-5-6-7-8-13-14-9-10-15(13)11-12-16/h2-3,9-10,13-14,16H,4-8,11-12H2,1H3/b3-2+. The predicted octanol–water partition coefficient (Wildman–Crippen LogP) is 2.21. The van der Waals surface area contributed by atoms with Gasteiger partial charge in [0, 0.05) is 18.9 Å². The van der Waals surface area contributed by atoms with Crippen LogP contribution in [-0.2, 0) is 0 Å². The minimum absolute atomic E-state index is 0.226. The Bertz CT molecular complexity index is 226. The molecule has 1 aliphatic heterocycles. The van der Waals surface area contributed by atoms with Crippen molar-refractivity contribution in [2.75, 3.05) is 13.2 Å². The molecule has 0 aromatic heterocycles. The number of allylic oxidation sites excluding steroid dienone is 2. The predicted molar refractivity (Wildman–Crippen MR) is 67.8 cm³/mol. The van der Waals surface area contributed by atoms with Gasteiger partial charge in [0.2, 0.25) is 0 Å². The number of nitrogens with zero attached hydrogens (tertiary/aromatic N) is 1. The Kier molecular flexibility index (Phi) is 6.74. The number of aliphatic hydroxyl groups is 1.